The molecule has 4 nitrogen and oxygen atoms in total. The third kappa shape index (κ3) is 3.74. The lowest BCUT2D eigenvalue weighted by atomic mass is 10.0. The molecule has 0 aliphatic carbocycles. The fraction of sp³-hybridized carbons (Fsp3) is 0.235. The van der Waals surface area contributed by atoms with Gasteiger partial charge < -0.3 is 14.8 Å². The molecule has 1 heterocycles. The first-order chi connectivity index (χ1) is 10.1. The van der Waals surface area contributed by atoms with Crippen LogP contribution in [0.1, 0.15) is 40.2 Å². The van der Waals surface area contributed by atoms with Crippen molar-refractivity contribution in [1.29, 1.82) is 0 Å². The Morgan fingerprint density at radius 2 is 2.24 bits per heavy atom. The second kappa shape index (κ2) is 6.78. The number of rotatable bonds is 3. The fourth-order valence-electron chi connectivity index (χ4n) is 2.01. The lowest BCUT2D eigenvalue weighted by Crippen LogP contribution is -2.26. The average molecular weight is 283 g/mol. The van der Waals surface area contributed by atoms with Crippen LogP contribution in [0.2, 0.25) is 0 Å². The molecule has 0 spiro atoms. The monoisotopic (exact) mass is 283 g/mol. The van der Waals surface area contributed by atoms with Gasteiger partial charge >= 0.3 is 0 Å². The number of aliphatic hydroxyl groups excluding tert-OH is 1. The molecule has 1 amide bonds. The highest BCUT2D eigenvalue weighted by Crippen LogP contribution is 2.16. The van der Waals surface area contributed by atoms with Crippen LogP contribution in [0, 0.1) is 18.8 Å². The Hall–Kier alpha value is -2.51. The number of amides is 1. The van der Waals surface area contributed by atoms with E-state index in [0.717, 1.165) is 11.1 Å². The summed E-state index contributed by atoms with van der Waals surface area (Å²) in [5, 5.41) is 11.6. The highest BCUT2D eigenvalue weighted by molar-refractivity contribution is 5.95. The standard InChI is InChI=1S/C17H17NO3/c1-12(18-17(20)16-8-10-21-13(16)2)15-7-3-5-14(11-15)6-4-9-19/h3,5,7-8,10-12,19H,9H2,1-2H3,(H,18,20). The minimum atomic E-state index is -0.170. The van der Waals surface area contributed by atoms with Gasteiger partial charge in [0, 0.05) is 5.56 Å². The van der Waals surface area contributed by atoms with Crippen molar-refractivity contribution in [2.24, 2.45) is 0 Å². The molecule has 0 saturated heterocycles. The highest BCUT2D eigenvalue weighted by Gasteiger charge is 2.15. The number of aryl methyl sites for hydroxylation is 1. The molecule has 2 aromatic rings. The van der Waals surface area contributed by atoms with Gasteiger partial charge in [0.05, 0.1) is 17.9 Å². The van der Waals surface area contributed by atoms with Crippen LogP contribution >= 0.6 is 0 Å². The maximum absolute atomic E-state index is 12.1. The number of furan rings is 1. The van der Waals surface area contributed by atoms with Crippen molar-refractivity contribution in [2.45, 2.75) is 19.9 Å². The molecule has 4 heteroatoms. The molecule has 1 atom stereocenters. The van der Waals surface area contributed by atoms with Crippen LogP contribution in [-0.4, -0.2) is 17.6 Å². The van der Waals surface area contributed by atoms with Gasteiger partial charge in [0.2, 0.25) is 0 Å². The van der Waals surface area contributed by atoms with Crippen LogP contribution in [0.4, 0.5) is 0 Å². The summed E-state index contributed by atoms with van der Waals surface area (Å²) >= 11 is 0. The lowest BCUT2D eigenvalue weighted by molar-refractivity contribution is 0.0938. The molecule has 0 aliphatic rings. The van der Waals surface area contributed by atoms with Gasteiger partial charge in [-0.1, -0.05) is 24.0 Å². The van der Waals surface area contributed by atoms with E-state index < -0.39 is 0 Å². The molecule has 108 valence electrons. The van der Waals surface area contributed by atoms with Crippen molar-refractivity contribution in [3.05, 3.63) is 59.0 Å². The van der Waals surface area contributed by atoms with Gasteiger partial charge in [-0.15, -0.1) is 0 Å². The summed E-state index contributed by atoms with van der Waals surface area (Å²) in [5.41, 5.74) is 2.30. The number of carbonyl (C=O) groups excluding carboxylic acids is 1. The van der Waals surface area contributed by atoms with E-state index in [2.05, 4.69) is 17.2 Å². The molecule has 0 bridgehead atoms. The molecule has 2 N–H and O–H groups in total. The maximum atomic E-state index is 12.1. The topological polar surface area (TPSA) is 62.5 Å². The van der Waals surface area contributed by atoms with E-state index in [0.29, 0.717) is 11.3 Å². The second-order valence-corrected chi connectivity index (χ2v) is 4.67. The normalized spacial score (nSPS) is 11.4. The van der Waals surface area contributed by atoms with Crippen molar-refractivity contribution < 1.29 is 14.3 Å². The fourth-order valence-corrected chi connectivity index (χ4v) is 2.01. The van der Waals surface area contributed by atoms with Gasteiger partial charge in [-0.2, -0.15) is 0 Å². The Kier molecular flexibility index (Phi) is 4.81. The number of benzene rings is 1. The Morgan fingerprint density at radius 3 is 2.90 bits per heavy atom. The third-order valence-corrected chi connectivity index (χ3v) is 3.15. The predicted octanol–water partition coefficient (Wildman–Crippen LogP) is 2.42. The quantitative estimate of drug-likeness (QED) is 0.850. The Bertz CT molecular complexity index is 691. The highest BCUT2D eigenvalue weighted by atomic mass is 16.3. The van der Waals surface area contributed by atoms with Crippen LogP contribution in [0.5, 0.6) is 0 Å². The van der Waals surface area contributed by atoms with E-state index in [1.807, 2.05) is 31.2 Å². The van der Waals surface area contributed by atoms with Crippen molar-refractivity contribution >= 4 is 5.91 Å². The molecule has 0 aliphatic heterocycles. The minimum Gasteiger partial charge on any atom is -0.469 e. The molecule has 1 aromatic carbocycles. The number of aliphatic hydroxyl groups is 1. The molecule has 1 unspecified atom stereocenters. The smallest absolute Gasteiger partial charge is 0.255 e. The summed E-state index contributed by atoms with van der Waals surface area (Å²) in [6.07, 6.45) is 1.50. The summed E-state index contributed by atoms with van der Waals surface area (Å²) in [4.78, 5) is 12.1. The van der Waals surface area contributed by atoms with Crippen LogP contribution in [0.3, 0.4) is 0 Å². The van der Waals surface area contributed by atoms with Crippen molar-refractivity contribution in [1.82, 2.24) is 5.32 Å². The van der Waals surface area contributed by atoms with Crippen LogP contribution < -0.4 is 5.32 Å². The van der Waals surface area contributed by atoms with Crippen LogP contribution in [0.15, 0.2) is 41.0 Å². The van der Waals surface area contributed by atoms with Gasteiger partial charge in [0.1, 0.15) is 12.4 Å². The second-order valence-electron chi connectivity index (χ2n) is 4.67. The summed E-state index contributed by atoms with van der Waals surface area (Å²) in [6, 6.07) is 9.07. The predicted molar refractivity (Wildman–Crippen MR) is 79.7 cm³/mol. The van der Waals surface area contributed by atoms with E-state index in [1.165, 1.54) is 6.26 Å². The number of carbonyl (C=O) groups is 1. The Labute approximate surface area is 123 Å². The van der Waals surface area contributed by atoms with Crippen LogP contribution in [0.25, 0.3) is 0 Å². The van der Waals surface area contributed by atoms with E-state index >= 15 is 0 Å². The van der Waals surface area contributed by atoms with E-state index in [9.17, 15) is 4.79 Å². The van der Waals surface area contributed by atoms with Crippen molar-refractivity contribution in [3.63, 3.8) is 0 Å². The zero-order valence-corrected chi connectivity index (χ0v) is 12.0. The molecule has 1 aromatic heterocycles. The number of hydrogen-bond donors (Lipinski definition) is 2. The lowest BCUT2D eigenvalue weighted by Gasteiger charge is -2.14. The Morgan fingerprint density at radius 1 is 1.43 bits per heavy atom. The third-order valence-electron chi connectivity index (χ3n) is 3.15. The van der Waals surface area contributed by atoms with Gasteiger partial charge in [0.15, 0.2) is 0 Å². The van der Waals surface area contributed by atoms with Gasteiger partial charge in [-0.3, -0.25) is 4.79 Å². The Balaban J connectivity index is 2.11. The van der Waals surface area contributed by atoms with Gasteiger partial charge in [-0.25, -0.2) is 0 Å². The molecule has 0 fully saturated rings. The van der Waals surface area contributed by atoms with Crippen molar-refractivity contribution in [2.75, 3.05) is 6.61 Å². The zero-order valence-electron chi connectivity index (χ0n) is 12.0. The average Bonchev–Trinajstić information content (AvgIpc) is 2.91. The molecule has 0 radical (unpaired) electrons. The summed E-state index contributed by atoms with van der Waals surface area (Å²) in [7, 11) is 0. The van der Waals surface area contributed by atoms with Gasteiger partial charge in [-0.05, 0) is 37.6 Å². The minimum absolute atomic E-state index is 0.150. The first-order valence-corrected chi connectivity index (χ1v) is 6.66. The molecule has 0 saturated carbocycles. The maximum Gasteiger partial charge on any atom is 0.255 e. The summed E-state index contributed by atoms with van der Waals surface area (Å²) < 4.78 is 5.13. The summed E-state index contributed by atoms with van der Waals surface area (Å²) in [6.45, 7) is 3.49. The summed E-state index contributed by atoms with van der Waals surface area (Å²) in [5.74, 6) is 5.89. The SMILES string of the molecule is Cc1occc1C(=O)NC(C)c1cccc(C#CCO)c1. The molecular weight excluding hydrogens is 266 g/mol. The van der Waals surface area contributed by atoms with E-state index in [1.54, 1.807) is 13.0 Å². The largest absolute Gasteiger partial charge is 0.469 e. The number of hydrogen-bond acceptors (Lipinski definition) is 3. The van der Waals surface area contributed by atoms with E-state index in [4.69, 9.17) is 9.52 Å². The molecular formula is C17H17NO3. The van der Waals surface area contributed by atoms with Crippen molar-refractivity contribution in [3.8, 4) is 11.8 Å². The zero-order chi connectivity index (χ0) is 15.2. The van der Waals surface area contributed by atoms with E-state index in [-0.39, 0.29) is 18.6 Å². The van der Waals surface area contributed by atoms with Gasteiger partial charge in [0.25, 0.3) is 5.91 Å². The molecule has 2 rings (SSSR count). The number of nitrogens with one attached hydrogen (secondary N) is 1. The van der Waals surface area contributed by atoms with Crippen LogP contribution in [-0.2, 0) is 0 Å². The first-order valence-electron chi connectivity index (χ1n) is 6.66. The first kappa shape index (κ1) is 14.9. The molecule has 21 heavy (non-hydrogen) atoms.